The van der Waals surface area contributed by atoms with E-state index in [1.165, 1.54) is 20.3 Å². The van der Waals surface area contributed by atoms with Gasteiger partial charge >= 0.3 is 0 Å². The molecule has 0 saturated heterocycles. The average Bonchev–Trinajstić information content (AvgIpc) is 3.14. The molecule has 2 aromatic carbocycles. The smallest absolute Gasteiger partial charge is 0.171 e. The molecular weight excluding hydrogens is 362 g/mol. The highest BCUT2D eigenvalue weighted by Crippen LogP contribution is 2.34. The van der Waals surface area contributed by atoms with Crippen molar-refractivity contribution in [1.29, 1.82) is 0 Å². The molecule has 142 valence electrons. The summed E-state index contributed by atoms with van der Waals surface area (Å²) >= 11 is 0. The van der Waals surface area contributed by atoms with Crippen molar-refractivity contribution in [2.24, 2.45) is 0 Å². The summed E-state index contributed by atoms with van der Waals surface area (Å²) in [6, 6.07) is 13.0. The maximum absolute atomic E-state index is 14.7. The fourth-order valence-electron chi connectivity index (χ4n) is 3.27. The monoisotopic (exact) mass is 380 g/mol. The van der Waals surface area contributed by atoms with Crippen LogP contribution in [0, 0.1) is 11.6 Å². The number of aromatic nitrogens is 2. The minimum atomic E-state index is -0.734. The standard InChI is InChI=1S/C22H18F2N2O2/c1-27-18-10-19(28-2)21(24)17(20(18)23)9-15-12-26-22-16(15)8-14(11-25-22)13-6-4-3-5-7-13/h3-8,10-12H,9H2,1-2H3,(H,25,26). The number of fused-ring (bicyclic) bond motifs is 1. The molecule has 0 aliphatic heterocycles. The van der Waals surface area contributed by atoms with Gasteiger partial charge in [-0.1, -0.05) is 30.3 Å². The van der Waals surface area contributed by atoms with Gasteiger partial charge in [0.1, 0.15) is 5.65 Å². The largest absolute Gasteiger partial charge is 0.494 e. The van der Waals surface area contributed by atoms with Crippen molar-refractivity contribution >= 4 is 11.0 Å². The second kappa shape index (κ2) is 7.31. The predicted molar refractivity (Wildman–Crippen MR) is 104 cm³/mol. The third-order valence-electron chi connectivity index (χ3n) is 4.76. The van der Waals surface area contributed by atoms with E-state index in [1.807, 2.05) is 36.4 Å². The first kappa shape index (κ1) is 18.0. The topological polar surface area (TPSA) is 47.1 Å². The van der Waals surface area contributed by atoms with Crippen LogP contribution in [0.1, 0.15) is 11.1 Å². The molecule has 1 N–H and O–H groups in total. The molecule has 0 bridgehead atoms. The van der Waals surface area contributed by atoms with Crippen molar-refractivity contribution in [3.05, 3.63) is 77.6 Å². The Kier molecular flexibility index (Phi) is 4.69. The van der Waals surface area contributed by atoms with Gasteiger partial charge in [0.25, 0.3) is 0 Å². The summed E-state index contributed by atoms with van der Waals surface area (Å²) in [6.07, 6.45) is 3.52. The predicted octanol–water partition coefficient (Wildman–Crippen LogP) is 5.12. The number of nitrogens with zero attached hydrogens (tertiary/aromatic N) is 1. The number of hydrogen-bond donors (Lipinski definition) is 1. The highest BCUT2D eigenvalue weighted by atomic mass is 19.1. The molecule has 0 radical (unpaired) electrons. The number of benzene rings is 2. The van der Waals surface area contributed by atoms with Crippen LogP contribution in [0.15, 0.2) is 54.9 Å². The first-order chi connectivity index (χ1) is 13.6. The van der Waals surface area contributed by atoms with Gasteiger partial charge in [-0.25, -0.2) is 13.8 Å². The SMILES string of the molecule is COc1cc(OC)c(F)c(Cc2c[nH]c3ncc(-c4ccccc4)cc23)c1F. The minimum absolute atomic E-state index is 0.0329. The highest BCUT2D eigenvalue weighted by Gasteiger charge is 2.21. The fourth-order valence-corrected chi connectivity index (χ4v) is 3.27. The third kappa shape index (κ3) is 3.07. The molecule has 0 spiro atoms. The highest BCUT2D eigenvalue weighted by molar-refractivity contribution is 5.85. The van der Waals surface area contributed by atoms with Crippen molar-refractivity contribution in [3.63, 3.8) is 0 Å². The normalized spacial score (nSPS) is 11.0. The number of H-pyrrole nitrogens is 1. The van der Waals surface area contributed by atoms with Crippen LogP contribution in [0.2, 0.25) is 0 Å². The van der Waals surface area contributed by atoms with Gasteiger partial charge in [0, 0.05) is 41.4 Å². The number of nitrogens with one attached hydrogen (secondary N) is 1. The lowest BCUT2D eigenvalue weighted by molar-refractivity contribution is 0.354. The van der Waals surface area contributed by atoms with Crippen LogP contribution in [0.4, 0.5) is 8.78 Å². The number of rotatable bonds is 5. The van der Waals surface area contributed by atoms with E-state index in [2.05, 4.69) is 9.97 Å². The van der Waals surface area contributed by atoms with Crippen LogP contribution in [0.5, 0.6) is 11.5 Å². The second-order valence-electron chi connectivity index (χ2n) is 6.36. The van der Waals surface area contributed by atoms with Gasteiger partial charge in [0.05, 0.1) is 14.2 Å². The summed E-state index contributed by atoms with van der Waals surface area (Å²) in [5, 5.41) is 0.807. The summed E-state index contributed by atoms with van der Waals surface area (Å²) in [7, 11) is 2.67. The van der Waals surface area contributed by atoms with E-state index < -0.39 is 11.6 Å². The molecule has 0 saturated carbocycles. The van der Waals surface area contributed by atoms with Gasteiger partial charge in [-0.15, -0.1) is 0 Å². The van der Waals surface area contributed by atoms with Crippen molar-refractivity contribution in [1.82, 2.24) is 9.97 Å². The van der Waals surface area contributed by atoms with Crippen LogP contribution < -0.4 is 9.47 Å². The molecule has 28 heavy (non-hydrogen) atoms. The zero-order chi connectivity index (χ0) is 19.7. The lowest BCUT2D eigenvalue weighted by Crippen LogP contribution is -2.03. The van der Waals surface area contributed by atoms with Crippen LogP contribution in [-0.2, 0) is 6.42 Å². The Hall–Kier alpha value is -3.41. The summed E-state index contributed by atoms with van der Waals surface area (Å²) in [5.74, 6) is -1.59. The zero-order valence-corrected chi connectivity index (χ0v) is 15.4. The van der Waals surface area contributed by atoms with Gasteiger partial charge in [-0.05, 0) is 17.2 Å². The third-order valence-corrected chi connectivity index (χ3v) is 4.76. The Morgan fingerprint density at radius 3 is 2.25 bits per heavy atom. The minimum Gasteiger partial charge on any atom is -0.494 e. The fraction of sp³-hybridized carbons (Fsp3) is 0.136. The van der Waals surface area contributed by atoms with Crippen LogP contribution in [0.3, 0.4) is 0 Å². The second-order valence-corrected chi connectivity index (χ2v) is 6.36. The summed E-state index contributed by atoms with van der Waals surface area (Å²) in [5.41, 5.74) is 3.23. The van der Waals surface area contributed by atoms with E-state index in [0.717, 1.165) is 22.1 Å². The van der Waals surface area contributed by atoms with Crippen LogP contribution >= 0.6 is 0 Å². The van der Waals surface area contributed by atoms with Gasteiger partial charge in [-0.3, -0.25) is 0 Å². The molecule has 0 atom stereocenters. The van der Waals surface area contributed by atoms with E-state index in [4.69, 9.17) is 9.47 Å². The average molecular weight is 380 g/mol. The van der Waals surface area contributed by atoms with E-state index in [0.29, 0.717) is 5.65 Å². The molecule has 0 fully saturated rings. The van der Waals surface area contributed by atoms with Crippen molar-refractivity contribution < 1.29 is 18.3 Å². The van der Waals surface area contributed by atoms with E-state index in [-0.39, 0.29) is 23.5 Å². The summed E-state index contributed by atoms with van der Waals surface area (Å²) < 4.78 is 39.5. The quantitative estimate of drug-likeness (QED) is 0.523. The molecular formula is C22H18F2N2O2. The van der Waals surface area contributed by atoms with E-state index in [1.54, 1.807) is 12.4 Å². The van der Waals surface area contributed by atoms with Gasteiger partial charge < -0.3 is 14.5 Å². The Labute approximate surface area is 160 Å². The Morgan fingerprint density at radius 1 is 0.929 bits per heavy atom. The number of hydrogen-bond acceptors (Lipinski definition) is 3. The zero-order valence-electron chi connectivity index (χ0n) is 15.4. The lowest BCUT2D eigenvalue weighted by atomic mass is 10.0. The maximum atomic E-state index is 14.7. The number of ether oxygens (including phenoxy) is 2. The number of aromatic amines is 1. The molecule has 0 unspecified atom stereocenters. The first-order valence-corrected chi connectivity index (χ1v) is 8.72. The number of methoxy groups -OCH3 is 2. The molecule has 0 aliphatic carbocycles. The number of halogens is 2. The molecule has 0 amide bonds. The van der Waals surface area contributed by atoms with Crippen molar-refractivity contribution in [3.8, 4) is 22.6 Å². The van der Waals surface area contributed by atoms with Crippen LogP contribution in [0.25, 0.3) is 22.2 Å². The maximum Gasteiger partial charge on any atom is 0.171 e. The molecule has 4 nitrogen and oxygen atoms in total. The molecule has 6 heteroatoms. The van der Waals surface area contributed by atoms with Gasteiger partial charge in [-0.2, -0.15) is 0 Å². The molecule has 4 aromatic rings. The van der Waals surface area contributed by atoms with E-state index in [9.17, 15) is 8.78 Å². The van der Waals surface area contributed by atoms with E-state index >= 15 is 0 Å². The van der Waals surface area contributed by atoms with Gasteiger partial charge in [0.15, 0.2) is 23.1 Å². The number of pyridine rings is 1. The van der Waals surface area contributed by atoms with Crippen molar-refractivity contribution in [2.45, 2.75) is 6.42 Å². The molecule has 4 rings (SSSR count). The van der Waals surface area contributed by atoms with Crippen molar-refractivity contribution in [2.75, 3.05) is 14.2 Å². The van der Waals surface area contributed by atoms with Gasteiger partial charge in [0.2, 0.25) is 0 Å². The Balaban J connectivity index is 1.81. The Bertz CT molecular complexity index is 1110. The summed E-state index contributed by atoms with van der Waals surface area (Å²) in [4.78, 5) is 7.50. The first-order valence-electron chi connectivity index (χ1n) is 8.72. The summed E-state index contributed by atoms with van der Waals surface area (Å²) in [6.45, 7) is 0. The Morgan fingerprint density at radius 2 is 1.61 bits per heavy atom. The van der Waals surface area contributed by atoms with Crippen LogP contribution in [-0.4, -0.2) is 24.2 Å². The molecule has 2 aromatic heterocycles. The molecule has 0 aliphatic rings. The lowest BCUT2D eigenvalue weighted by Gasteiger charge is -2.12. The molecule has 2 heterocycles.